The molecule has 0 spiro atoms. The molecule has 6 nitrogen and oxygen atoms in total. The molecule has 0 unspecified atom stereocenters. The van der Waals surface area contributed by atoms with Crippen molar-refractivity contribution in [3.8, 4) is 0 Å². The molecule has 3 rings (SSSR count). The van der Waals surface area contributed by atoms with Crippen LogP contribution in [-0.4, -0.2) is 20.1 Å². The Morgan fingerprint density at radius 1 is 0.903 bits per heavy atom. The van der Waals surface area contributed by atoms with Crippen LogP contribution in [0.4, 0.5) is 0 Å². The number of benzene rings is 3. The van der Waals surface area contributed by atoms with Crippen molar-refractivity contribution in [3.05, 3.63) is 102 Å². The number of nitrogens with zero attached hydrogens (tertiary/aromatic N) is 1. The van der Waals surface area contributed by atoms with Crippen molar-refractivity contribution in [2.45, 2.75) is 24.8 Å². The van der Waals surface area contributed by atoms with Gasteiger partial charge in [0.15, 0.2) is 6.10 Å². The summed E-state index contributed by atoms with van der Waals surface area (Å²) in [5.74, 6) is -0.639. The molecule has 0 amide bonds. The van der Waals surface area contributed by atoms with Crippen molar-refractivity contribution in [2.75, 3.05) is 0 Å². The van der Waals surface area contributed by atoms with E-state index in [2.05, 4.69) is 8.53 Å². The van der Waals surface area contributed by atoms with E-state index in [-0.39, 0.29) is 10.6 Å². The molecule has 0 fully saturated rings. The molecule has 0 aromatic heterocycles. The zero-order valence-corrected chi connectivity index (χ0v) is 18.7. The van der Waals surface area contributed by atoms with E-state index in [1.54, 1.807) is 12.1 Å². The van der Waals surface area contributed by atoms with Crippen LogP contribution >= 0.6 is 12.1 Å². The summed E-state index contributed by atoms with van der Waals surface area (Å²) in [5.41, 5.74) is 2.63. The first kappa shape index (κ1) is 22.7. The summed E-state index contributed by atoms with van der Waals surface area (Å²) < 4.78 is 36.6. The van der Waals surface area contributed by atoms with Crippen molar-refractivity contribution >= 4 is 33.8 Å². The third-order valence-corrected chi connectivity index (χ3v) is 6.82. The lowest BCUT2D eigenvalue weighted by Gasteiger charge is -2.18. The van der Waals surface area contributed by atoms with Crippen LogP contribution in [0.15, 0.2) is 94.2 Å². The first-order valence-corrected chi connectivity index (χ1v) is 11.7. The summed E-state index contributed by atoms with van der Waals surface area (Å²) in [6.07, 6.45) is -0.602. The van der Waals surface area contributed by atoms with Crippen LogP contribution < -0.4 is 4.13 Å². The van der Waals surface area contributed by atoms with E-state index < -0.39 is 22.1 Å². The van der Waals surface area contributed by atoms with Crippen LogP contribution in [0.25, 0.3) is 0 Å². The molecule has 8 heteroatoms. The van der Waals surface area contributed by atoms with E-state index >= 15 is 0 Å². The average molecular weight is 455 g/mol. The van der Waals surface area contributed by atoms with Gasteiger partial charge in [-0.1, -0.05) is 78.4 Å². The Morgan fingerprint density at radius 3 is 1.94 bits per heavy atom. The normalized spacial score (nSPS) is 12.0. The first-order valence-electron chi connectivity index (χ1n) is 9.47. The molecule has 160 valence electrons. The van der Waals surface area contributed by atoms with Crippen LogP contribution in [-0.2, 0) is 19.6 Å². The number of hydrogen-bond acceptors (Lipinski definition) is 6. The van der Waals surface area contributed by atoms with E-state index in [0.717, 1.165) is 16.7 Å². The lowest BCUT2D eigenvalue weighted by atomic mass is 10.0. The predicted molar refractivity (Wildman–Crippen MR) is 123 cm³/mol. The van der Waals surface area contributed by atoms with Gasteiger partial charge in [-0.3, -0.25) is 0 Å². The monoisotopic (exact) mass is 454 g/mol. The van der Waals surface area contributed by atoms with Crippen LogP contribution in [0.3, 0.4) is 0 Å². The van der Waals surface area contributed by atoms with Crippen molar-refractivity contribution < 1.29 is 17.9 Å². The number of sulfonamides is 1. The zero-order valence-electron chi connectivity index (χ0n) is 17.1. The molecule has 0 heterocycles. The topological polar surface area (TPSA) is 84.8 Å². The van der Waals surface area contributed by atoms with E-state index in [1.807, 2.05) is 67.6 Å². The Morgan fingerprint density at radius 2 is 1.42 bits per heavy atom. The van der Waals surface area contributed by atoms with Gasteiger partial charge in [-0.25, -0.2) is 13.2 Å². The maximum atomic E-state index is 12.6. The maximum absolute atomic E-state index is 12.6. The van der Waals surface area contributed by atoms with Crippen LogP contribution in [0.5, 0.6) is 0 Å². The summed E-state index contributed by atoms with van der Waals surface area (Å²) in [5, 5.41) is 0. The lowest BCUT2D eigenvalue weighted by molar-refractivity contribution is -0.139. The van der Waals surface area contributed by atoms with E-state index in [4.69, 9.17) is 4.74 Å². The van der Waals surface area contributed by atoms with Crippen molar-refractivity contribution in [1.82, 2.24) is 4.13 Å². The maximum Gasteiger partial charge on any atom is 0.354 e. The smallest absolute Gasteiger partial charge is 0.354 e. The highest BCUT2D eigenvalue weighted by Gasteiger charge is 2.21. The number of esters is 1. The van der Waals surface area contributed by atoms with Crippen molar-refractivity contribution in [2.24, 2.45) is 4.40 Å². The fraction of sp³-hybridized carbons (Fsp3) is 0.130. The minimum Gasteiger partial charge on any atom is -0.448 e. The van der Waals surface area contributed by atoms with Gasteiger partial charge in [-0.2, -0.15) is 4.40 Å². The second kappa shape index (κ2) is 10.4. The van der Waals surface area contributed by atoms with E-state index in [9.17, 15) is 13.2 Å². The second-order valence-corrected chi connectivity index (χ2v) is 9.28. The number of rotatable bonds is 8. The number of nitrogens with one attached hydrogen (secondary N) is 1. The molecule has 0 radical (unpaired) electrons. The van der Waals surface area contributed by atoms with Gasteiger partial charge in [0.2, 0.25) is 0 Å². The van der Waals surface area contributed by atoms with Crippen molar-refractivity contribution in [1.29, 1.82) is 0 Å². The Labute approximate surface area is 186 Å². The highest BCUT2D eigenvalue weighted by molar-refractivity contribution is 8.08. The van der Waals surface area contributed by atoms with Gasteiger partial charge in [0, 0.05) is 0 Å². The minimum absolute atomic E-state index is 0.0356. The predicted octanol–water partition coefficient (Wildman–Crippen LogP) is 4.63. The molecular formula is C23H22N2O4S2. The Bertz CT molecular complexity index is 1110. The molecule has 0 atom stereocenters. The van der Waals surface area contributed by atoms with Gasteiger partial charge in [-0.15, -0.1) is 4.13 Å². The third-order valence-electron chi connectivity index (χ3n) is 4.39. The quantitative estimate of drug-likeness (QED) is 0.305. The van der Waals surface area contributed by atoms with Gasteiger partial charge in [-0.05, 0) is 37.1 Å². The van der Waals surface area contributed by atoms with E-state index in [0.29, 0.717) is 12.1 Å². The number of carbonyl (C=O) groups excluding carboxylic acids is 1. The number of hydrogen-bond donors (Lipinski definition) is 1. The summed E-state index contributed by atoms with van der Waals surface area (Å²) >= 11 is 0.564. The Hall–Kier alpha value is -2.94. The molecular weight excluding hydrogens is 432 g/mol. The summed E-state index contributed by atoms with van der Waals surface area (Å²) in [7, 11) is -3.75. The highest BCUT2D eigenvalue weighted by atomic mass is 32.3. The van der Waals surface area contributed by atoms with Gasteiger partial charge >= 0.3 is 5.97 Å². The molecule has 3 aromatic carbocycles. The molecule has 0 saturated heterocycles. The molecule has 0 aliphatic heterocycles. The van der Waals surface area contributed by atoms with Gasteiger partial charge in [0.1, 0.15) is 5.71 Å². The summed E-state index contributed by atoms with van der Waals surface area (Å²) in [4.78, 5) is 12.7. The summed E-state index contributed by atoms with van der Waals surface area (Å²) in [6.45, 7) is 3.35. The fourth-order valence-corrected chi connectivity index (χ4v) is 4.35. The Balaban J connectivity index is 1.69. The lowest BCUT2D eigenvalue weighted by Crippen LogP contribution is -2.20. The standard InChI is InChI=1S/C23H22N2O4S2/c1-17-13-15-21(16-14-17)31(27,28)25-30-24-18(2)23(26)29-22(19-9-5-3-6-10-19)20-11-7-4-8-12-20/h3-16,22,25H,1-2H3/b24-18-. The van der Waals surface area contributed by atoms with Crippen LogP contribution in [0.1, 0.15) is 29.7 Å². The first-order chi connectivity index (χ1) is 14.9. The SMILES string of the molecule is C/C(=N/SNS(=O)(=O)c1ccc(C)cc1)C(=O)OC(c1ccccc1)c1ccccc1. The van der Waals surface area contributed by atoms with Crippen molar-refractivity contribution in [3.63, 3.8) is 0 Å². The van der Waals surface area contributed by atoms with Gasteiger partial charge in [0.05, 0.1) is 17.0 Å². The molecule has 0 aliphatic rings. The second-order valence-electron chi connectivity index (χ2n) is 6.77. The number of aryl methyl sites for hydroxylation is 1. The number of ether oxygens (including phenoxy) is 1. The minimum atomic E-state index is -3.75. The number of carbonyl (C=O) groups is 1. The third kappa shape index (κ3) is 6.27. The molecule has 0 saturated carbocycles. The van der Waals surface area contributed by atoms with Gasteiger partial charge in [0.25, 0.3) is 10.0 Å². The molecule has 0 aliphatic carbocycles. The van der Waals surface area contributed by atoms with Crippen LogP contribution in [0.2, 0.25) is 0 Å². The molecule has 0 bridgehead atoms. The molecule has 3 aromatic rings. The largest absolute Gasteiger partial charge is 0.448 e. The summed E-state index contributed by atoms with van der Waals surface area (Å²) in [6, 6.07) is 25.2. The average Bonchev–Trinajstić information content (AvgIpc) is 2.78. The van der Waals surface area contributed by atoms with Crippen LogP contribution in [0, 0.1) is 6.92 Å². The van der Waals surface area contributed by atoms with E-state index in [1.165, 1.54) is 19.1 Å². The Kier molecular flexibility index (Phi) is 7.62. The fourth-order valence-electron chi connectivity index (χ4n) is 2.72. The molecule has 31 heavy (non-hydrogen) atoms. The van der Waals surface area contributed by atoms with Gasteiger partial charge < -0.3 is 4.74 Å². The molecule has 1 N–H and O–H groups in total. The zero-order chi connectivity index (χ0) is 22.3. The highest BCUT2D eigenvalue weighted by Crippen LogP contribution is 2.26.